The van der Waals surface area contributed by atoms with E-state index in [0.29, 0.717) is 12.8 Å². The molecule has 12 atom stereocenters. The fourth-order valence-corrected chi connectivity index (χ4v) is 12.2. The van der Waals surface area contributed by atoms with Gasteiger partial charge in [-0.25, -0.2) is 0 Å². The maximum absolute atomic E-state index is 13.3. The molecule has 0 aliphatic carbocycles. The summed E-state index contributed by atoms with van der Waals surface area (Å²) in [6, 6.07) is -0.931. The fraction of sp³-hybridized carbons (Fsp3) is 0.904. The first-order valence-corrected chi connectivity index (χ1v) is 36.7. The summed E-state index contributed by atoms with van der Waals surface area (Å²) in [6.45, 7) is 2.83. The van der Waals surface area contributed by atoms with Gasteiger partial charge in [-0.2, -0.15) is 0 Å². The first-order valence-electron chi connectivity index (χ1n) is 36.7. The van der Waals surface area contributed by atoms with Gasteiger partial charge in [0.1, 0.15) is 48.8 Å². The van der Waals surface area contributed by atoms with Crippen molar-refractivity contribution in [3.05, 3.63) is 36.5 Å². The smallest absolute Gasteiger partial charge is 0.220 e. The normalized spacial score (nSPS) is 23.4. The number of ether oxygens (including phenoxy) is 4. The van der Waals surface area contributed by atoms with Crippen LogP contribution < -0.4 is 5.32 Å². The van der Waals surface area contributed by atoms with Gasteiger partial charge in [-0.1, -0.05) is 301 Å². The zero-order valence-corrected chi connectivity index (χ0v) is 55.8. The summed E-state index contributed by atoms with van der Waals surface area (Å²) in [5.41, 5.74) is 0. The molecule has 2 rings (SSSR count). The molecule has 0 bridgehead atoms. The lowest BCUT2D eigenvalue weighted by Gasteiger charge is -2.46. The number of rotatable bonds is 61. The molecule has 0 radical (unpaired) electrons. The lowest BCUT2D eigenvalue weighted by molar-refractivity contribution is -0.359. The van der Waals surface area contributed by atoms with Crippen LogP contribution in [0.1, 0.15) is 328 Å². The van der Waals surface area contributed by atoms with E-state index in [0.717, 1.165) is 32.1 Å². The first-order chi connectivity index (χ1) is 42.6. The van der Waals surface area contributed by atoms with E-state index in [-0.39, 0.29) is 18.9 Å². The molecule has 0 aromatic rings. The summed E-state index contributed by atoms with van der Waals surface area (Å²) in [4.78, 5) is 13.3. The van der Waals surface area contributed by atoms with Gasteiger partial charge in [0.25, 0.3) is 0 Å². The van der Waals surface area contributed by atoms with Gasteiger partial charge in [0.2, 0.25) is 5.91 Å². The van der Waals surface area contributed by atoms with Crippen LogP contribution in [0.4, 0.5) is 0 Å². The van der Waals surface area contributed by atoms with E-state index in [1.165, 1.54) is 263 Å². The van der Waals surface area contributed by atoms with Crippen molar-refractivity contribution in [1.82, 2.24) is 5.32 Å². The highest BCUT2D eigenvalue weighted by Gasteiger charge is 2.51. The van der Waals surface area contributed by atoms with Crippen molar-refractivity contribution in [3.63, 3.8) is 0 Å². The molecule has 9 N–H and O–H groups in total. The second-order valence-electron chi connectivity index (χ2n) is 26.1. The van der Waals surface area contributed by atoms with Crippen LogP contribution in [0.3, 0.4) is 0 Å². The minimum Gasteiger partial charge on any atom is -0.394 e. The molecule has 2 aliphatic heterocycles. The molecule has 512 valence electrons. The SMILES string of the molecule is CCCCCCCCCC/C=C\CCCCCCCCCCCCCCCCCCCCCC(=O)NC(COC1OC(CO)C(OC2OC(CO)C(O)C(O)C2O)C(O)C1O)C(O)/C=C/CC/C=C/CCCCCCCCCCCCCCCCCC. The quantitative estimate of drug-likeness (QED) is 0.0204. The number of hydrogen-bond acceptors (Lipinski definition) is 13. The number of unbranched alkanes of at least 4 members (excludes halogenated alkanes) is 44. The van der Waals surface area contributed by atoms with Crippen LogP contribution in [0.15, 0.2) is 36.5 Å². The second kappa shape index (κ2) is 58.1. The molecule has 0 aromatic carbocycles. The Hall–Kier alpha value is -1.79. The zero-order valence-electron chi connectivity index (χ0n) is 55.8. The second-order valence-corrected chi connectivity index (χ2v) is 26.1. The van der Waals surface area contributed by atoms with Crippen LogP contribution in [-0.4, -0.2) is 140 Å². The summed E-state index contributed by atoms with van der Waals surface area (Å²) in [5.74, 6) is -0.243. The van der Waals surface area contributed by atoms with Gasteiger partial charge in [-0.15, -0.1) is 0 Å². The number of hydrogen-bond donors (Lipinski definition) is 9. The third-order valence-electron chi connectivity index (χ3n) is 18.0. The molecular formula is C73H137NO13. The predicted molar refractivity (Wildman–Crippen MR) is 355 cm³/mol. The minimum atomic E-state index is -1.79. The van der Waals surface area contributed by atoms with Crippen LogP contribution >= 0.6 is 0 Å². The highest BCUT2D eigenvalue weighted by molar-refractivity contribution is 5.76. The first kappa shape index (κ1) is 81.3. The maximum atomic E-state index is 13.3. The molecule has 2 saturated heterocycles. The van der Waals surface area contributed by atoms with Crippen LogP contribution in [0.25, 0.3) is 0 Å². The summed E-state index contributed by atoms with van der Waals surface area (Å²) >= 11 is 0. The van der Waals surface area contributed by atoms with Gasteiger partial charge in [0.15, 0.2) is 12.6 Å². The zero-order chi connectivity index (χ0) is 63.1. The van der Waals surface area contributed by atoms with Gasteiger partial charge >= 0.3 is 0 Å². The number of amides is 1. The molecular weight excluding hydrogens is 1100 g/mol. The van der Waals surface area contributed by atoms with Gasteiger partial charge in [0, 0.05) is 6.42 Å². The molecule has 2 aliphatic rings. The van der Waals surface area contributed by atoms with Gasteiger partial charge < -0.3 is 65.1 Å². The number of allylic oxidation sites excluding steroid dienone is 5. The Bertz CT molecular complexity index is 1600. The van der Waals surface area contributed by atoms with Gasteiger partial charge in [-0.3, -0.25) is 4.79 Å². The van der Waals surface area contributed by atoms with Crippen molar-refractivity contribution in [2.75, 3.05) is 19.8 Å². The van der Waals surface area contributed by atoms with E-state index >= 15 is 0 Å². The molecule has 1 amide bonds. The monoisotopic (exact) mass is 1240 g/mol. The van der Waals surface area contributed by atoms with Crippen molar-refractivity contribution >= 4 is 5.91 Å². The Morgan fingerprint density at radius 3 is 1.13 bits per heavy atom. The number of carbonyl (C=O) groups is 1. The third-order valence-corrected chi connectivity index (χ3v) is 18.0. The average molecular weight is 1240 g/mol. The molecule has 87 heavy (non-hydrogen) atoms. The van der Waals surface area contributed by atoms with Gasteiger partial charge in [0.05, 0.1) is 32.0 Å². The number of carbonyl (C=O) groups excluding carboxylic acids is 1. The van der Waals surface area contributed by atoms with Crippen molar-refractivity contribution in [2.45, 2.75) is 402 Å². The van der Waals surface area contributed by atoms with Gasteiger partial charge in [-0.05, 0) is 57.8 Å². The van der Waals surface area contributed by atoms with E-state index in [1.54, 1.807) is 6.08 Å². The highest BCUT2D eigenvalue weighted by Crippen LogP contribution is 2.30. The Kier molecular flexibility index (Phi) is 54.3. The Morgan fingerprint density at radius 1 is 0.402 bits per heavy atom. The van der Waals surface area contributed by atoms with Crippen LogP contribution in [0.2, 0.25) is 0 Å². The van der Waals surface area contributed by atoms with E-state index in [4.69, 9.17) is 18.9 Å². The maximum Gasteiger partial charge on any atom is 0.220 e. The number of aliphatic hydroxyl groups excluding tert-OH is 8. The highest BCUT2D eigenvalue weighted by atomic mass is 16.7. The summed E-state index contributed by atoms with van der Waals surface area (Å²) in [5, 5.41) is 87.5. The molecule has 12 unspecified atom stereocenters. The van der Waals surface area contributed by atoms with Crippen molar-refractivity contribution in [2.24, 2.45) is 0 Å². The number of nitrogens with one attached hydrogen (secondary N) is 1. The molecule has 14 nitrogen and oxygen atoms in total. The molecule has 2 heterocycles. The summed E-state index contributed by atoms with van der Waals surface area (Å²) < 4.78 is 22.9. The van der Waals surface area contributed by atoms with Crippen molar-refractivity contribution in [3.8, 4) is 0 Å². The van der Waals surface area contributed by atoms with E-state index in [9.17, 15) is 45.6 Å². The molecule has 2 fully saturated rings. The Morgan fingerprint density at radius 2 is 0.736 bits per heavy atom. The lowest BCUT2D eigenvalue weighted by Crippen LogP contribution is -2.65. The van der Waals surface area contributed by atoms with Crippen LogP contribution in [-0.2, 0) is 23.7 Å². The topological polar surface area (TPSA) is 228 Å². The van der Waals surface area contributed by atoms with Crippen LogP contribution in [0, 0.1) is 0 Å². The fourth-order valence-electron chi connectivity index (χ4n) is 12.2. The van der Waals surface area contributed by atoms with E-state index < -0.39 is 86.8 Å². The predicted octanol–water partition coefficient (Wildman–Crippen LogP) is 15.3. The number of aliphatic hydroxyl groups is 8. The van der Waals surface area contributed by atoms with E-state index in [1.807, 2.05) is 6.08 Å². The minimum absolute atomic E-state index is 0.243. The summed E-state index contributed by atoms with van der Waals surface area (Å²) in [6.07, 6.45) is 57.9. The van der Waals surface area contributed by atoms with E-state index in [2.05, 4.69) is 43.5 Å². The molecule has 14 heteroatoms. The Labute approximate surface area is 531 Å². The molecule has 0 spiro atoms. The largest absolute Gasteiger partial charge is 0.394 e. The van der Waals surface area contributed by atoms with Crippen molar-refractivity contribution < 1.29 is 64.6 Å². The molecule has 0 saturated carbocycles. The third kappa shape index (κ3) is 42.1. The average Bonchev–Trinajstić information content (AvgIpc) is 2.33. The molecule has 0 aromatic heterocycles. The Balaban J connectivity index is 1.66. The van der Waals surface area contributed by atoms with Crippen LogP contribution in [0.5, 0.6) is 0 Å². The van der Waals surface area contributed by atoms with Crippen molar-refractivity contribution in [1.29, 1.82) is 0 Å². The standard InChI is InChI=1S/C73H137NO13/c1-3-5-7-9-11-13-15-17-19-21-23-25-27-28-29-30-31-32-33-34-35-37-39-41-43-45-47-49-51-53-55-57-65(78)74-61(60-84-72-70(83)68(81)71(64(59-76)86-72)87-73-69(82)67(80)66(79)63(58-75)85-73)62(77)56-54-52-50-48-46-44-42-40-38-36-26-24-22-20-18-16-14-12-10-8-6-4-2/h21,23,46,48,54,56,61-64,66-73,75-77,79-83H,3-20,22,24-45,47,49-53,55,57-60H2,1-2H3,(H,74,78)/b23-21-,48-46+,56-54+. The summed E-state index contributed by atoms with van der Waals surface area (Å²) in [7, 11) is 0. The lowest BCUT2D eigenvalue weighted by atomic mass is 9.97.